The molecule has 2 nitrogen and oxygen atoms in total. The Kier molecular flexibility index (Phi) is 2.54. The summed E-state index contributed by atoms with van der Waals surface area (Å²) in [5.74, 6) is 0. The number of hydrogen-bond donors (Lipinski definition) is 0. The topological polar surface area (TPSA) is 25.8 Å². The molecule has 2 heterocycles. The van der Waals surface area contributed by atoms with Crippen molar-refractivity contribution in [2.45, 2.75) is 6.42 Å². The Balaban J connectivity index is 1.96. The summed E-state index contributed by atoms with van der Waals surface area (Å²) in [4.78, 5) is 8.67. The maximum absolute atomic E-state index is 4.65. The van der Waals surface area contributed by atoms with Crippen molar-refractivity contribution in [1.82, 2.24) is 9.97 Å². The van der Waals surface area contributed by atoms with Gasteiger partial charge in [-0.1, -0.05) is 24.3 Å². The number of rotatable bonds is 2. The number of benzene rings is 1. The lowest BCUT2D eigenvalue weighted by Gasteiger charge is -2.02. The first-order valence-electron chi connectivity index (χ1n) is 5.65. The molecule has 0 spiro atoms. The van der Waals surface area contributed by atoms with Crippen molar-refractivity contribution in [3.05, 3.63) is 72.2 Å². The molecule has 0 radical (unpaired) electrons. The minimum absolute atomic E-state index is 0.855. The van der Waals surface area contributed by atoms with Gasteiger partial charge in [0.25, 0.3) is 0 Å². The number of para-hydroxylation sites is 1. The standard InChI is InChI=1S/C15H12N2/c1-2-4-15-13(3-1)5-6-14(17-15)11-12-7-9-16-10-8-12/h1-10H,11H2. The first kappa shape index (κ1) is 9.97. The predicted molar refractivity (Wildman–Crippen MR) is 68.8 cm³/mol. The highest BCUT2D eigenvalue weighted by molar-refractivity contribution is 5.78. The summed E-state index contributed by atoms with van der Waals surface area (Å²) >= 11 is 0. The van der Waals surface area contributed by atoms with Crippen molar-refractivity contribution in [3.63, 3.8) is 0 Å². The summed E-state index contributed by atoms with van der Waals surface area (Å²) < 4.78 is 0. The van der Waals surface area contributed by atoms with Crippen molar-refractivity contribution >= 4 is 10.9 Å². The molecule has 0 fully saturated rings. The third kappa shape index (κ3) is 2.16. The molecule has 3 rings (SSSR count). The molecule has 0 aliphatic rings. The van der Waals surface area contributed by atoms with Gasteiger partial charge in [-0.05, 0) is 29.8 Å². The van der Waals surface area contributed by atoms with Crippen LogP contribution in [0.4, 0.5) is 0 Å². The van der Waals surface area contributed by atoms with Crippen LogP contribution in [0.2, 0.25) is 0 Å². The smallest absolute Gasteiger partial charge is 0.0705 e. The zero-order chi connectivity index (χ0) is 11.5. The molecule has 0 saturated heterocycles. The second-order valence-corrected chi connectivity index (χ2v) is 4.03. The monoisotopic (exact) mass is 220 g/mol. The van der Waals surface area contributed by atoms with Gasteiger partial charge in [-0.2, -0.15) is 0 Å². The lowest BCUT2D eigenvalue weighted by Crippen LogP contribution is -1.92. The van der Waals surface area contributed by atoms with E-state index in [1.54, 1.807) is 0 Å². The molecule has 0 bridgehead atoms. The van der Waals surface area contributed by atoms with Crippen LogP contribution in [0.1, 0.15) is 11.3 Å². The third-order valence-corrected chi connectivity index (χ3v) is 2.79. The van der Waals surface area contributed by atoms with E-state index in [-0.39, 0.29) is 0 Å². The second kappa shape index (κ2) is 4.34. The van der Waals surface area contributed by atoms with Crippen molar-refractivity contribution in [2.24, 2.45) is 0 Å². The number of nitrogens with zero attached hydrogens (tertiary/aromatic N) is 2. The van der Waals surface area contributed by atoms with Crippen LogP contribution in [0.5, 0.6) is 0 Å². The Labute approximate surface area is 100.0 Å². The van der Waals surface area contributed by atoms with E-state index < -0.39 is 0 Å². The summed E-state index contributed by atoms with van der Waals surface area (Å²) in [5, 5.41) is 1.19. The summed E-state index contributed by atoms with van der Waals surface area (Å²) in [5.41, 5.74) is 3.39. The lowest BCUT2D eigenvalue weighted by molar-refractivity contribution is 1.09. The molecule has 17 heavy (non-hydrogen) atoms. The summed E-state index contributed by atoms with van der Waals surface area (Å²) in [6.45, 7) is 0. The summed E-state index contributed by atoms with van der Waals surface area (Å²) in [6.07, 6.45) is 4.49. The second-order valence-electron chi connectivity index (χ2n) is 4.03. The normalized spacial score (nSPS) is 10.6. The Morgan fingerprint density at radius 2 is 1.65 bits per heavy atom. The molecule has 0 atom stereocenters. The fraction of sp³-hybridized carbons (Fsp3) is 0.0667. The fourth-order valence-corrected chi connectivity index (χ4v) is 1.92. The van der Waals surface area contributed by atoms with Crippen LogP contribution in [0.25, 0.3) is 10.9 Å². The molecule has 0 unspecified atom stereocenters. The van der Waals surface area contributed by atoms with Gasteiger partial charge in [0.1, 0.15) is 0 Å². The van der Waals surface area contributed by atoms with Crippen molar-refractivity contribution < 1.29 is 0 Å². The lowest BCUT2D eigenvalue weighted by atomic mass is 10.1. The van der Waals surface area contributed by atoms with E-state index in [2.05, 4.69) is 28.2 Å². The van der Waals surface area contributed by atoms with Gasteiger partial charge in [0.05, 0.1) is 5.52 Å². The van der Waals surface area contributed by atoms with E-state index in [0.29, 0.717) is 0 Å². The molecule has 2 aromatic heterocycles. The molecule has 0 saturated carbocycles. The Morgan fingerprint density at radius 1 is 0.824 bits per heavy atom. The molecular weight excluding hydrogens is 208 g/mol. The van der Waals surface area contributed by atoms with Gasteiger partial charge >= 0.3 is 0 Å². The van der Waals surface area contributed by atoms with E-state index >= 15 is 0 Å². The Bertz CT molecular complexity index is 633. The highest BCUT2D eigenvalue weighted by Crippen LogP contribution is 2.13. The highest BCUT2D eigenvalue weighted by atomic mass is 14.7. The molecule has 0 N–H and O–H groups in total. The van der Waals surface area contributed by atoms with Crippen LogP contribution in [0, 0.1) is 0 Å². The van der Waals surface area contributed by atoms with Gasteiger partial charge in [0.2, 0.25) is 0 Å². The molecule has 0 aliphatic carbocycles. The van der Waals surface area contributed by atoms with Gasteiger partial charge in [-0.15, -0.1) is 0 Å². The first-order valence-corrected chi connectivity index (χ1v) is 5.65. The van der Waals surface area contributed by atoms with Crippen LogP contribution in [-0.2, 0) is 6.42 Å². The van der Waals surface area contributed by atoms with E-state index in [0.717, 1.165) is 17.6 Å². The average molecular weight is 220 g/mol. The maximum Gasteiger partial charge on any atom is 0.0705 e. The molecule has 0 aliphatic heterocycles. The van der Waals surface area contributed by atoms with Crippen LogP contribution in [0.3, 0.4) is 0 Å². The van der Waals surface area contributed by atoms with Gasteiger partial charge in [0, 0.05) is 29.9 Å². The van der Waals surface area contributed by atoms with Gasteiger partial charge in [-0.25, -0.2) is 0 Å². The van der Waals surface area contributed by atoms with E-state index in [9.17, 15) is 0 Å². The molecule has 1 aromatic carbocycles. The van der Waals surface area contributed by atoms with Crippen LogP contribution in [-0.4, -0.2) is 9.97 Å². The van der Waals surface area contributed by atoms with Crippen LogP contribution >= 0.6 is 0 Å². The van der Waals surface area contributed by atoms with Gasteiger partial charge in [0.15, 0.2) is 0 Å². The minimum atomic E-state index is 0.855. The summed E-state index contributed by atoms with van der Waals surface area (Å²) in [6, 6.07) is 16.4. The minimum Gasteiger partial charge on any atom is -0.265 e. The molecule has 2 heteroatoms. The first-order chi connectivity index (χ1) is 8.42. The maximum atomic E-state index is 4.65. The quantitative estimate of drug-likeness (QED) is 0.662. The number of hydrogen-bond acceptors (Lipinski definition) is 2. The third-order valence-electron chi connectivity index (χ3n) is 2.79. The van der Waals surface area contributed by atoms with Gasteiger partial charge < -0.3 is 0 Å². The van der Waals surface area contributed by atoms with E-state index in [1.165, 1.54) is 10.9 Å². The highest BCUT2D eigenvalue weighted by Gasteiger charge is 1.99. The fourth-order valence-electron chi connectivity index (χ4n) is 1.92. The molecule has 82 valence electrons. The van der Waals surface area contributed by atoms with Crippen molar-refractivity contribution in [1.29, 1.82) is 0 Å². The van der Waals surface area contributed by atoms with Crippen molar-refractivity contribution in [3.8, 4) is 0 Å². The SMILES string of the molecule is c1ccc2nc(Cc3ccncc3)ccc2c1. The zero-order valence-electron chi connectivity index (χ0n) is 9.38. The Morgan fingerprint density at radius 3 is 2.53 bits per heavy atom. The molecule has 3 aromatic rings. The van der Waals surface area contributed by atoms with Crippen LogP contribution in [0.15, 0.2) is 60.9 Å². The number of pyridine rings is 2. The predicted octanol–water partition coefficient (Wildman–Crippen LogP) is 3.22. The zero-order valence-corrected chi connectivity index (χ0v) is 9.38. The van der Waals surface area contributed by atoms with Crippen molar-refractivity contribution in [2.75, 3.05) is 0 Å². The van der Waals surface area contributed by atoms with E-state index in [4.69, 9.17) is 0 Å². The largest absolute Gasteiger partial charge is 0.265 e. The summed E-state index contributed by atoms with van der Waals surface area (Å²) in [7, 11) is 0. The number of aromatic nitrogens is 2. The molecule has 0 amide bonds. The van der Waals surface area contributed by atoms with E-state index in [1.807, 2.05) is 42.7 Å². The van der Waals surface area contributed by atoms with Gasteiger partial charge in [-0.3, -0.25) is 9.97 Å². The number of fused-ring (bicyclic) bond motifs is 1. The Hall–Kier alpha value is -2.22. The van der Waals surface area contributed by atoms with Crippen LogP contribution < -0.4 is 0 Å². The molecular formula is C15H12N2. The average Bonchev–Trinajstić information content (AvgIpc) is 2.40.